The average Bonchev–Trinajstić information content (AvgIpc) is 2.79. The summed E-state index contributed by atoms with van der Waals surface area (Å²) >= 11 is 6.20. The Kier molecular flexibility index (Phi) is 3.72. The van der Waals surface area contributed by atoms with Crippen LogP contribution in [0.5, 0.6) is 5.75 Å². The number of rotatable bonds is 2. The number of methoxy groups -OCH3 is 1. The van der Waals surface area contributed by atoms with Crippen LogP contribution in [0, 0.1) is 13.8 Å². The Bertz CT molecular complexity index is 691. The molecule has 0 saturated carbocycles. The number of aromatic nitrogens is 1. The van der Waals surface area contributed by atoms with Crippen molar-refractivity contribution in [3.8, 4) is 11.4 Å². The third-order valence-electron chi connectivity index (χ3n) is 4.27. The smallest absolute Gasteiger partial charge is 0.144 e. The SMILES string of the molecule is COc1cc(Cl)c(C)cc1-n1c(C)cc2c1CCCC2O. The molecule has 3 rings (SSSR count). The Hall–Kier alpha value is -1.45. The largest absolute Gasteiger partial charge is 0.495 e. The number of hydrogen-bond acceptors (Lipinski definition) is 2. The lowest BCUT2D eigenvalue weighted by Crippen LogP contribution is -2.12. The predicted molar refractivity (Wildman–Crippen MR) is 84.7 cm³/mol. The lowest BCUT2D eigenvalue weighted by Gasteiger charge is -2.22. The number of aliphatic hydroxyl groups is 1. The summed E-state index contributed by atoms with van der Waals surface area (Å²) in [7, 11) is 1.66. The number of nitrogens with zero attached hydrogens (tertiary/aromatic N) is 1. The number of ether oxygens (including phenoxy) is 1. The topological polar surface area (TPSA) is 34.4 Å². The standard InChI is InChI=1S/C17H20ClNO2/c1-10-7-15(17(21-3)9-13(10)18)19-11(2)8-12-14(19)5-4-6-16(12)20/h7-9,16,20H,4-6H2,1-3H3. The zero-order valence-corrected chi connectivity index (χ0v) is 13.4. The van der Waals surface area contributed by atoms with Crippen molar-refractivity contribution in [1.82, 2.24) is 4.57 Å². The molecule has 1 aliphatic carbocycles. The van der Waals surface area contributed by atoms with E-state index in [1.54, 1.807) is 7.11 Å². The molecule has 0 fully saturated rings. The van der Waals surface area contributed by atoms with Gasteiger partial charge >= 0.3 is 0 Å². The van der Waals surface area contributed by atoms with E-state index in [1.807, 2.05) is 13.0 Å². The number of halogens is 1. The summed E-state index contributed by atoms with van der Waals surface area (Å²) in [6, 6.07) is 6.00. The van der Waals surface area contributed by atoms with Crippen LogP contribution in [0.3, 0.4) is 0 Å². The quantitative estimate of drug-likeness (QED) is 0.905. The molecule has 0 amide bonds. The molecule has 0 bridgehead atoms. The van der Waals surface area contributed by atoms with Gasteiger partial charge in [-0.05, 0) is 50.8 Å². The molecule has 1 aromatic heterocycles. The van der Waals surface area contributed by atoms with Gasteiger partial charge < -0.3 is 14.4 Å². The van der Waals surface area contributed by atoms with E-state index in [0.29, 0.717) is 5.02 Å². The van der Waals surface area contributed by atoms with Crippen molar-refractivity contribution in [2.24, 2.45) is 0 Å². The van der Waals surface area contributed by atoms with Crippen molar-refractivity contribution in [3.63, 3.8) is 0 Å². The second-order valence-corrected chi connectivity index (χ2v) is 6.11. The fourth-order valence-corrected chi connectivity index (χ4v) is 3.35. The summed E-state index contributed by atoms with van der Waals surface area (Å²) < 4.78 is 7.70. The van der Waals surface area contributed by atoms with Gasteiger partial charge in [0, 0.05) is 28.0 Å². The molecule has 21 heavy (non-hydrogen) atoms. The number of aliphatic hydroxyl groups excluding tert-OH is 1. The lowest BCUT2D eigenvalue weighted by atomic mass is 9.95. The Balaban J connectivity index is 2.24. The predicted octanol–water partition coefficient (Wildman–Crippen LogP) is 4.13. The molecule has 1 aliphatic rings. The van der Waals surface area contributed by atoms with Crippen molar-refractivity contribution in [1.29, 1.82) is 0 Å². The molecule has 0 aliphatic heterocycles. The number of aryl methyl sites for hydroxylation is 2. The minimum atomic E-state index is -0.354. The van der Waals surface area contributed by atoms with E-state index in [2.05, 4.69) is 23.6 Å². The first-order valence-corrected chi connectivity index (χ1v) is 7.64. The van der Waals surface area contributed by atoms with Gasteiger partial charge in [-0.3, -0.25) is 0 Å². The summed E-state index contributed by atoms with van der Waals surface area (Å²) in [4.78, 5) is 0. The van der Waals surface area contributed by atoms with Gasteiger partial charge in [0.2, 0.25) is 0 Å². The Labute approximate surface area is 130 Å². The molecule has 0 radical (unpaired) electrons. The zero-order valence-electron chi connectivity index (χ0n) is 12.6. The first-order chi connectivity index (χ1) is 10.0. The van der Waals surface area contributed by atoms with Crippen molar-refractivity contribution < 1.29 is 9.84 Å². The van der Waals surface area contributed by atoms with Crippen LogP contribution in [-0.4, -0.2) is 16.8 Å². The second kappa shape index (κ2) is 5.39. The van der Waals surface area contributed by atoms with Gasteiger partial charge in [-0.1, -0.05) is 11.6 Å². The zero-order chi connectivity index (χ0) is 15.1. The van der Waals surface area contributed by atoms with Crippen LogP contribution in [-0.2, 0) is 6.42 Å². The highest BCUT2D eigenvalue weighted by molar-refractivity contribution is 6.31. The van der Waals surface area contributed by atoms with E-state index >= 15 is 0 Å². The maximum atomic E-state index is 10.2. The molecule has 1 unspecified atom stereocenters. The molecule has 1 N–H and O–H groups in total. The summed E-state index contributed by atoms with van der Waals surface area (Å²) in [5.74, 6) is 0.757. The van der Waals surface area contributed by atoms with Crippen LogP contribution in [0.4, 0.5) is 0 Å². The molecule has 1 aromatic carbocycles. The van der Waals surface area contributed by atoms with Crippen molar-refractivity contribution >= 4 is 11.6 Å². The Morgan fingerprint density at radius 2 is 2.05 bits per heavy atom. The molecule has 2 aromatic rings. The van der Waals surface area contributed by atoms with Gasteiger partial charge in [0.1, 0.15) is 5.75 Å². The first kappa shape index (κ1) is 14.5. The van der Waals surface area contributed by atoms with E-state index in [9.17, 15) is 5.11 Å². The third kappa shape index (κ3) is 2.34. The minimum Gasteiger partial charge on any atom is -0.495 e. The third-order valence-corrected chi connectivity index (χ3v) is 4.68. The van der Waals surface area contributed by atoms with Gasteiger partial charge in [0.05, 0.1) is 18.9 Å². The maximum absolute atomic E-state index is 10.2. The Morgan fingerprint density at radius 3 is 2.76 bits per heavy atom. The van der Waals surface area contributed by atoms with E-state index in [1.165, 1.54) is 5.69 Å². The Morgan fingerprint density at radius 1 is 1.29 bits per heavy atom. The summed E-state index contributed by atoms with van der Waals surface area (Å²) in [6.07, 6.45) is 2.47. The van der Waals surface area contributed by atoms with Gasteiger partial charge in [-0.25, -0.2) is 0 Å². The van der Waals surface area contributed by atoms with Crippen LogP contribution in [0.2, 0.25) is 5.02 Å². The second-order valence-electron chi connectivity index (χ2n) is 5.70. The van der Waals surface area contributed by atoms with E-state index in [0.717, 1.165) is 47.5 Å². The van der Waals surface area contributed by atoms with Gasteiger partial charge in [0.25, 0.3) is 0 Å². The van der Waals surface area contributed by atoms with Crippen molar-refractivity contribution in [2.75, 3.05) is 7.11 Å². The van der Waals surface area contributed by atoms with Crippen LogP contribution in [0.25, 0.3) is 5.69 Å². The fraction of sp³-hybridized carbons (Fsp3) is 0.412. The van der Waals surface area contributed by atoms with Gasteiger partial charge in [-0.15, -0.1) is 0 Å². The van der Waals surface area contributed by atoms with Gasteiger partial charge in [0.15, 0.2) is 0 Å². The van der Waals surface area contributed by atoms with Crippen LogP contribution in [0.1, 0.15) is 41.5 Å². The van der Waals surface area contributed by atoms with Crippen molar-refractivity contribution in [3.05, 3.63) is 45.7 Å². The molecule has 3 nitrogen and oxygen atoms in total. The molecular formula is C17H20ClNO2. The van der Waals surface area contributed by atoms with Crippen LogP contribution < -0.4 is 4.74 Å². The highest BCUT2D eigenvalue weighted by atomic mass is 35.5. The minimum absolute atomic E-state index is 0.354. The van der Waals surface area contributed by atoms with Crippen LogP contribution in [0.15, 0.2) is 18.2 Å². The summed E-state index contributed by atoms with van der Waals surface area (Å²) in [5, 5.41) is 10.9. The highest BCUT2D eigenvalue weighted by Gasteiger charge is 2.25. The molecule has 1 atom stereocenters. The first-order valence-electron chi connectivity index (χ1n) is 7.26. The fourth-order valence-electron chi connectivity index (χ4n) is 3.20. The average molecular weight is 306 g/mol. The molecule has 0 saturated heterocycles. The molecule has 4 heteroatoms. The number of hydrogen-bond donors (Lipinski definition) is 1. The number of benzene rings is 1. The molecule has 1 heterocycles. The molecular weight excluding hydrogens is 286 g/mol. The summed E-state index contributed by atoms with van der Waals surface area (Å²) in [5.41, 5.74) is 5.36. The van der Waals surface area contributed by atoms with E-state index in [-0.39, 0.29) is 6.10 Å². The lowest BCUT2D eigenvalue weighted by molar-refractivity contribution is 0.156. The maximum Gasteiger partial charge on any atom is 0.144 e. The summed E-state index contributed by atoms with van der Waals surface area (Å²) in [6.45, 7) is 4.06. The van der Waals surface area contributed by atoms with E-state index < -0.39 is 0 Å². The normalized spacial score (nSPS) is 17.7. The molecule has 0 spiro atoms. The van der Waals surface area contributed by atoms with Gasteiger partial charge in [-0.2, -0.15) is 0 Å². The number of fused-ring (bicyclic) bond motifs is 1. The molecule has 112 valence electrons. The van der Waals surface area contributed by atoms with Crippen molar-refractivity contribution in [2.45, 2.75) is 39.2 Å². The highest BCUT2D eigenvalue weighted by Crippen LogP contribution is 2.37. The monoisotopic (exact) mass is 305 g/mol. The van der Waals surface area contributed by atoms with E-state index in [4.69, 9.17) is 16.3 Å². The van der Waals surface area contributed by atoms with Crippen LogP contribution >= 0.6 is 11.6 Å².